The lowest BCUT2D eigenvalue weighted by Crippen LogP contribution is -2.20. The molecule has 1 heterocycles. The van der Waals surface area contributed by atoms with Crippen LogP contribution >= 0.6 is 11.8 Å². The van der Waals surface area contributed by atoms with E-state index < -0.39 is 0 Å². The highest BCUT2D eigenvalue weighted by molar-refractivity contribution is 7.99. The van der Waals surface area contributed by atoms with E-state index in [1.54, 1.807) is 0 Å². The fourth-order valence-corrected chi connectivity index (χ4v) is 3.87. The van der Waals surface area contributed by atoms with Crippen molar-refractivity contribution in [3.63, 3.8) is 0 Å². The Morgan fingerprint density at radius 2 is 1.84 bits per heavy atom. The van der Waals surface area contributed by atoms with Crippen molar-refractivity contribution in [2.24, 2.45) is 5.10 Å². The molecule has 0 aliphatic heterocycles. The van der Waals surface area contributed by atoms with Crippen LogP contribution in [-0.4, -0.2) is 37.6 Å². The monoisotopic (exact) mass is 432 g/mol. The van der Waals surface area contributed by atoms with Crippen LogP contribution in [-0.2, 0) is 11.3 Å². The molecule has 1 amide bonds. The van der Waals surface area contributed by atoms with Gasteiger partial charge in [0.1, 0.15) is 11.5 Å². The molecule has 0 atom stereocenters. The Hall–Kier alpha value is -3.78. The van der Waals surface area contributed by atoms with Gasteiger partial charge in [0, 0.05) is 11.6 Å². The number of aromatic hydroxyl groups is 2. The van der Waals surface area contributed by atoms with Crippen LogP contribution in [0.15, 0.2) is 83.1 Å². The van der Waals surface area contributed by atoms with Crippen molar-refractivity contribution in [3.05, 3.63) is 83.9 Å². The molecule has 31 heavy (non-hydrogen) atoms. The quantitative estimate of drug-likeness (QED) is 0.235. The van der Waals surface area contributed by atoms with Crippen LogP contribution in [0.1, 0.15) is 11.1 Å². The van der Waals surface area contributed by atoms with Gasteiger partial charge in [-0.15, -0.1) is 0 Å². The van der Waals surface area contributed by atoms with E-state index in [4.69, 9.17) is 0 Å². The number of para-hydroxylation sites is 2. The lowest BCUT2D eigenvalue weighted by atomic mass is 10.2. The van der Waals surface area contributed by atoms with Crippen molar-refractivity contribution in [2.75, 3.05) is 5.75 Å². The first kappa shape index (κ1) is 20.5. The molecule has 4 aromatic rings. The minimum atomic E-state index is -0.294. The molecule has 0 bridgehead atoms. The van der Waals surface area contributed by atoms with Crippen LogP contribution in [0.4, 0.5) is 0 Å². The Kier molecular flexibility index (Phi) is 6.18. The van der Waals surface area contributed by atoms with Gasteiger partial charge in [-0.05, 0) is 29.8 Å². The van der Waals surface area contributed by atoms with Crippen LogP contribution < -0.4 is 5.43 Å². The largest absolute Gasteiger partial charge is 0.508 e. The number of carbonyl (C=O) groups excluding carboxylic acids is 1. The van der Waals surface area contributed by atoms with Crippen molar-refractivity contribution in [1.82, 2.24) is 15.0 Å². The third-order valence-corrected chi connectivity index (χ3v) is 5.52. The van der Waals surface area contributed by atoms with E-state index in [0.29, 0.717) is 12.1 Å². The Balaban J connectivity index is 1.44. The minimum Gasteiger partial charge on any atom is -0.508 e. The summed E-state index contributed by atoms with van der Waals surface area (Å²) in [5.74, 6) is -0.329. The number of imidazole rings is 1. The first-order chi connectivity index (χ1) is 15.1. The van der Waals surface area contributed by atoms with Gasteiger partial charge in [-0.2, -0.15) is 5.10 Å². The van der Waals surface area contributed by atoms with Crippen LogP contribution in [0, 0.1) is 0 Å². The lowest BCUT2D eigenvalue weighted by Gasteiger charge is -2.09. The summed E-state index contributed by atoms with van der Waals surface area (Å²) in [6.45, 7) is 0.656. The predicted molar refractivity (Wildman–Crippen MR) is 122 cm³/mol. The highest BCUT2D eigenvalue weighted by atomic mass is 32.2. The van der Waals surface area contributed by atoms with E-state index in [2.05, 4.69) is 32.2 Å². The highest BCUT2D eigenvalue weighted by Crippen LogP contribution is 2.25. The third-order valence-electron chi connectivity index (χ3n) is 4.54. The molecule has 156 valence electrons. The molecule has 8 heteroatoms. The maximum atomic E-state index is 12.2. The average molecular weight is 433 g/mol. The fraction of sp³-hybridized carbons (Fsp3) is 0.0870. The number of hydrogen-bond donors (Lipinski definition) is 3. The standard InChI is InChI=1S/C23H20N4O3S/c28-18-11-10-17(21(29)12-18)13-24-26-22(30)15-31-23-25-19-8-4-5-9-20(19)27(23)14-16-6-2-1-3-7-16/h1-13,28-29H,14-15H2,(H,26,30)/b24-13-. The molecule has 0 aliphatic carbocycles. The number of benzene rings is 3. The summed E-state index contributed by atoms with van der Waals surface area (Å²) in [6, 6.07) is 22.1. The zero-order chi connectivity index (χ0) is 21.6. The molecule has 0 fully saturated rings. The van der Waals surface area contributed by atoms with Crippen molar-refractivity contribution in [3.8, 4) is 11.5 Å². The number of aromatic nitrogens is 2. The van der Waals surface area contributed by atoms with E-state index in [0.717, 1.165) is 21.8 Å². The lowest BCUT2D eigenvalue weighted by molar-refractivity contribution is -0.118. The Morgan fingerprint density at radius 3 is 2.65 bits per heavy atom. The van der Waals surface area contributed by atoms with E-state index in [9.17, 15) is 15.0 Å². The molecular formula is C23H20N4O3S. The SMILES string of the molecule is O=C(CSc1nc2ccccc2n1Cc1ccccc1)N/N=C\c1ccc(O)cc1O. The summed E-state index contributed by atoms with van der Waals surface area (Å²) in [6.07, 6.45) is 1.32. The minimum absolute atomic E-state index is 0.0477. The van der Waals surface area contributed by atoms with Crippen LogP contribution in [0.25, 0.3) is 11.0 Å². The Labute approximate surface area is 183 Å². The second-order valence-electron chi connectivity index (χ2n) is 6.78. The number of thioether (sulfide) groups is 1. The average Bonchev–Trinajstić information content (AvgIpc) is 3.12. The fourth-order valence-electron chi connectivity index (χ4n) is 3.06. The van der Waals surface area contributed by atoms with Crippen LogP contribution in [0.5, 0.6) is 11.5 Å². The predicted octanol–water partition coefficient (Wildman–Crippen LogP) is 3.74. The molecule has 3 N–H and O–H groups in total. The summed E-state index contributed by atoms with van der Waals surface area (Å²) in [5, 5.41) is 23.7. The molecule has 1 aromatic heterocycles. The molecule has 0 unspecified atom stereocenters. The van der Waals surface area contributed by atoms with E-state index in [1.165, 1.54) is 36.2 Å². The van der Waals surface area contributed by atoms with Gasteiger partial charge >= 0.3 is 0 Å². The van der Waals surface area contributed by atoms with E-state index >= 15 is 0 Å². The van der Waals surface area contributed by atoms with Gasteiger partial charge in [-0.25, -0.2) is 10.4 Å². The first-order valence-corrected chi connectivity index (χ1v) is 10.5. The van der Waals surface area contributed by atoms with Crippen molar-refractivity contribution in [1.29, 1.82) is 0 Å². The number of nitrogens with one attached hydrogen (secondary N) is 1. The van der Waals surface area contributed by atoms with E-state index in [1.807, 2.05) is 42.5 Å². The zero-order valence-electron chi connectivity index (χ0n) is 16.5. The Morgan fingerprint density at radius 1 is 1.06 bits per heavy atom. The zero-order valence-corrected chi connectivity index (χ0v) is 17.3. The summed E-state index contributed by atoms with van der Waals surface area (Å²) < 4.78 is 2.10. The molecule has 0 radical (unpaired) electrons. The van der Waals surface area contributed by atoms with Gasteiger partial charge in [-0.1, -0.05) is 54.2 Å². The molecule has 7 nitrogen and oxygen atoms in total. The summed E-state index contributed by atoms with van der Waals surface area (Å²) in [5.41, 5.74) is 5.86. The molecule has 4 rings (SSSR count). The number of amides is 1. The molecule has 0 saturated heterocycles. The van der Waals surface area contributed by atoms with Crippen LogP contribution in [0.3, 0.4) is 0 Å². The van der Waals surface area contributed by atoms with Crippen molar-refractivity contribution < 1.29 is 15.0 Å². The molecule has 0 saturated carbocycles. The van der Waals surface area contributed by atoms with Gasteiger partial charge < -0.3 is 14.8 Å². The van der Waals surface area contributed by atoms with E-state index in [-0.39, 0.29) is 23.2 Å². The number of phenolic OH excluding ortho intramolecular Hbond substituents is 2. The number of hydrogen-bond acceptors (Lipinski definition) is 6. The number of phenols is 2. The van der Waals surface area contributed by atoms with Crippen molar-refractivity contribution in [2.45, 2.75) is 11.7 Å². The molecule has 0 aliphatic rings. The molecule has 0 spiro atoms. The summed E-state index contributed by atoms with van der Waals surface area (Å²) >= 11 is 1.33. The maximum Gasteiger partial charge on any atom is 0.250 e. The highest BCUT2D eigenvalue weighted by Gasteiger charge is 2.13. The number of fused-ring (bicyclic) bond motifs is 1. The van der Waals surface area contributed by atoms with Gasteiger partial charge in [-0.3, -0.25) is 4.79 Å². The number of nitrogens with zero attached hydrogens (tertiary/aromatic N) is 3. The van der Waals surface area contributed by atoms with Gasteiger partial charge in [0.05, 0.1) is 29.5 Å². The Bertz CT molecular complexity index is 1240. The smallest absolute Gasteiger partial charge is 0.250 e. The molecular weight excluding hydrogens is 412 g/mol. The summed E-state index contributed by atoms with van der Waals surface area (Å²) in [4.78, 5) is 16.9. The van der Waals surface area contributed by atoms with Gasteiger partial charge in [0.15, 0.2) is 5.16 Å². The number of hydrazone groups is 1. The number of rotatable bonds is 7. The maximum absolute atomic E-state index is 12.2. The topological polar surface area (TPSA) is 99.7 Å². The first-order valence-electron chi connectivity index (χ1n) is 9.56. The third kappa shape index (κ3) is 5.04. The molecule has 3 aromatic carbocycles. The number of carbonyl (C=O) groups is 1. The second-order valence-corrected chi connectivity index (χ2v) is 7.72. The van der Waals surface area contributed by atoms with Gasteiger partial charge in [0.25, 0.3) is 5.91 Å². The van der Waals surface area contributed by atoms with Gasteiger partial charge in [0.2, 0.25) is 0 Å². The van der Waals surface area contributed by atoms with Crippen LogP contribution in [0.2, 0.25) is 0 Å². The van der Waals surface area contributed by atoms with Crippen molar-refractivity contribution >= 4 is 34.9 Å². The normalized spacial score (nSPS) is 11.2. The summed E-state index contributed by atoms with van der Waals surface area (Å²) in [7, 11) is 0. The second kappa shape index (κ2) is 9.36.